The third-order valence-corrected chi connectivity index (χ3v) is 3.86. The molecule has 0 aliphatic rings. The molecule has 0 N–H and O–H groups in total. The van der Waals surface area contributed by atoms with Gasteiger partial charge in [0.25, 0.3) is 0 Å². The summed E-state index contributed by atoms with van der Waals surface area (Å²) in [4.78, 5) is 0. The minimum absolute atomic E-state index is 0. The van der Waals surface area contributed by atoms with E-state index >= 15 is 0 Å². The van der Waals surface area contributed by atoms with Crippen molar-refractivity contribution in [3.63, 3.8) is 0 Å². The maximum absolute atomic E-state index is 11.3. The minimum atomic E-state index is -2.09. The van der Waals surface area contributed by atoms with Crippen LogP contribution >= 0.6 is 0 Å². The molecule has 0 aromatic rings. The minimum Gasteiger partial charge on any atom is -0.803 e. The molecule has 0 rings (SSSR count). The summed E-state index contributed by atoms with van der Waals surface area (Å²) in [5, 5.41) is 33.9. The smallest absolute Gasteiger partial charge is 0.803 e. The van der Waals surface area contributed by atoms with Gasteiger partial charge in [-0.2, -0.15) is 0 Å². The van der Waals surface area contributed by atoms with E-state index in [1.165, 1.54) is 85.3 Å². The van der Waals surface area contributed by atoms with E-state index in [1.807, 2.05) is 0 Å². The van der Waals surface area contributed by atoms with E-state index in [0.717, 1.165) is 0 Å². The standard InChI is InChI=1S/3C6H13O5.Ce/c3*1-8-5(9-2)6(7,10-3)11-4;/h3*5H,1-4H3;/q3*-1;+3. The Morgan fingerprint density at radius 3 is 0.500 bits per heavy atom. The van der Waals surface area contributed by atoms with Gasteiger partial charge in [-0.1, -0.05) is 0 Å². The van der Waals surface area contributed by atoms with Crippen LogP contribution in [0.2, 0.25) is 0 Å². The molecule has 0 heterocycles. The first-order valence-corrected chi connectivity index (χ1v) is 9.02. The second-order valence-corrected chi connectivity index (χ2v) is 5.45. The van der Waals surface area contributed by atoms with Gasteiger partial charge in [-0.25, -0.2) is 0 Å². The third-order valence-electron chi connectivity index (χ3n) is 3.86. The molecule has 0 fully saturated rings. The fraction of sp³-hybridized carbons (Fsp3) is 1.00. The van der Waals surface area contributed by atoms with Crippen molar-refractivity contribution >= 4 is 0 Å². The van der Waals surface area contributed by atoms with Gasteiger partial charge in [0.05, 0.1) is 0 Å². The Bertz CT molecular complexity index is 360. The summed E-state index contributed by atoms with van der Waals surface area (Å²) in [7, 11) is 15.3. The zero-order valence-electron chi connectivity index (χ0n) is 21.9. The maximum Gasteiger partial charge on any atom is 3.00 e. The first kappa shape index (κ1) is 41.9. The molecule has 0 aliphatic carbocycles. The van der Waals surface area contributed by atoms with E-state index in [4.69, 9.17) is 0 Å². The van der Waals surface area contributed by atoms with Crippen LogP contribution in [0.25, 0.3) is 0 Å². The maximum atomic E-state index is 11.3. The molecule has 0 amide bonds. The Hall–Kier alpha value is 0.777. The second-order valence-electron chi connectivity index (χ2n) is 5.45. The quantitative estimate of drug-likeness (QED) is 0.164. The summed E-state index contributed by atoms with van der Waals surface area (Å²) in [6, 6.07) is 0. The van der Waals surface area contributed by atoms with Crippen LogP contribution in [0.3, 0.4) is 0 Å². The van der Waals surface area contributed by atoms with E-state index < -0.39 is 36.8 Å². The third kappa shape index (κ3) is 13.9. The van der Waals surface area contributed by atoms with Crippen molar-refractivity contribution in [2.75, 3.05) is 85.3 Å². The molecular formula is C18H39CeO15. The van der Waals surface area contributed by atoms with Gasteiger partial charge in [-0.15, -0.1) is 0 Å². The Labute approximate surface area is 235 Å². The van der Waals surface area contributed by atoms with Gasteiger partial charge < -0.3 is 72.2 Å². The van der Waals surface area contributed by atoms with E-state index in [0.29, 0.717) is 0 Å². The van der Waals surface area contributed by atoms with Gasteiger partial charge in [0.15, 0.2) is 18.9 Å². The molecule has 0 atom stereocenters. The first-order valence-electron chi connectivity index (χ1n) is 9.02. The van der Waals surface area contributed by atoms with Crippen LogP contribution in [0, 0.1) is 41.7 Å². The molecule has 0 aromatic carbocycles. The fourth-order valence-corrected chi connectivity index (χ4v) is 1.98. The Morgan fingerprint density at radius 1 is 0.353 bits per heavy atom. The number of ether oxygens (including phenoxy) is 12. The van der Waals surface area contributed by atoms with Gasteiger partial charge >= 0.3 is 41.7 Å². The van der Waals surface area contributed by atoms with Crippen molar-refractivity contribution in [1.29, 1.82) is 0 Å². The van der Waals surface area contributed by atoms with Gasteiger partial charge in [0.2, 0.25) is 0 Å². The Kier molecular flexibility index (Phi) is 28.3. The summed E-state index contributed by atoms with van der Waals surface area (Å²) in [6.07, 6.45) is -3.22. The summed E-state index contributed by atoms with van der Waals surface area (Å²) >= 11 is 0. The predicted molar refractivity (Wildman–Crippen MR) is 104 cm³/mol. The Balaban J connectivity index is -0.000000196. The van der Waals surface area contributed by atoms with Crippen LogP contribution in [-0.4, -0.2) is 122 Å². The molecule has 0 unspecified atom stereocenters. The largest absolute Gasteiger partial charge is 3.00 e. The molecule has 205 valence electrons. The first-order chi connectivity index (χ1) is 15.4. The predicted octanol–water partition coefficient (Wildman–Crippen LogP) is -3.26. The van der Waals surface area contributed by atoms with Gasteiger partial charge in [0.1, 0.15) is 17.9 Å². The van der Waals surface area contributed by atoms with Crippen molar-refractivity contribution in [3.8, 4) is 0 Å². The zero-order valence-corrected chi connectivity index (χ0v) is 25.0. The SMILES string of the molecule is COC(OC)C([O-])(OC)OC.COC(OC)C([O-])(OC)OC.COC(OC)C([O-])(OC)OC.[Ce+3]. The monoisotopic (exact) mass is 635 g/mol. The number of hydrogen-bond donors (Lipinski definition) is 0. The normalized spacial score (nSPS) is 12.2. The van der Waals surface area contributed by atoms with Crippen molar-refractivity contribution < 1.29 is 114 Å². The average Bonchev–Trinajstić information content (AvgIpc) is 2.86. The summed E-state index contributed by atoms with van der Waals surface area (Å²) in [5.74, 6) is -6.28. The number of methoxy groups -OCH3 is 12. The van der Waals surface area contributed by atoms with Gasteiger partial charge in [0, 0.05) is 85.3 Å². The van der Waals surface area contributed by atoms with E-state index in [-0.39, 0.29) is 41.7 Å². The molecule has 0 saturated carbocycles. The van der Waals surface area contributed by atoms with Crippen LogP contribution in [0.5, 0.6) is 0 Å². The molecule has 1 radical (unpaired) electrons. The molecule has 0 aliphatic heterocycles. The topological polar surface area (TPSA) is 180 Å². The summed E-state index contributed by atoms with van der Waals surface area (Å²) < 4.78 is 55.0. The molecule has 0 saturated heterocycles. The van der Waals surface area contributed by atoms with Crippen LogP contribution in [0.1, 0.15) is 0 Å². The summed E-state index contributed by atoms with van der Waals surface area (Å²) in [6.45, 7) is 0. The fourth-order valence-electron chi connectivity index (χ4n) is 1.98. The Morgan fingerprint density at radius 2 is 0.471 bits per heavy atom. The van der Waals surface area contributed by atoms with E-state index in [9.17, 15) is 15.3 Å². The van der Waals surface area contributed by atoms with Crippen molar-refractivity contribution in [3.05, 3.63) is 0 Å². The van der Waals surface area contributed by atoms with Crippen molar-refractivity contribution in [1.82, 2.24) is 0 Å². The average molecular weight is 636 g/mol. The van der Waals surface area contributed by atoms with Crippen molar-refractivity contribution in [2.45, 2.75) is 36.8 Å². The molecule has 16 heteroatoms. The number of rotatable bonds is 15. The van der Waals surface area contributed by atoms with Gasteiger partial charge in [-0.3, -0.25) is 0 Å². The van der Waals surface area contributed by atoms with Crippen LogP contribution in [0.4, 0.5) is 0 Å². The molecule has 0 aromatic heterocycles. The van der Waals surface area contributed by atoms with Crippen LogP contribution < -0.4 is 15.3 Å². The van der Waals surface area contributed by atoms with Gasteiger partial charge in [-0.05, 0) is 0 Å². The van der Waals surface area contributed by atoms with E-state index in [2.05, 4.69) is 56.8 Å². The summed E-state index contributed by atoms with van der Waals surface area (Å²) in [5.41, 5.74) is 0. The molecule has 15 nitrogen and oxygen atoms in total. The second kappa shape index (κ2) is 22.9. The van der Waals surface area contributed by atoms with Crippen molar-refractivity contribution in [2.24, 2.45) is 0 Å². The van der Waals surface area contributed by atoms with Crippen LogP contribution in [-0.2, 0) is 56.8 Å². The molecule has 0 spiro atoms. The van der Waals surface area contributed by atoms with E-state index in [1.54, 1.807) is 0 Å². The molecule has 0 bridgehead atoms. The molecule has 34 heavy (non-hydrogen) atoms. The number of hydrogen-bond acceptors (Lipinski definition) is 15. The zero-order chi connectivity index (χ0) is 26.7. The molecular weight excluding hydrogens is 596 g/mol. The van der Waals surface area contributed by atoms with Crippen LogP contribution in [0.15, 0.2) is 0 Å².